The number of aromatic nitrogens is 1. The minimum atomic E-state index is -0.140. The number of amides is 2. The number of nitrogens with zero attached hydrogens (tertiary/aromatic N) is 2. The van der Waals surface area contributed by atoms with Crippen LogP contribution in [0.4, 0.5) is 4.79 Å². The highest BCUT2D eigenvalue weighted by Crippen LogP contribution is 2.41. The van der Waals surface area contributed by atoms with Gasteiger partial charge in [-0.2, -0.15) is 0 Å². The molecule has 0 radical (unpaired) electrons. The summed E-state index contributed by atoms with van der Waals surface area (Å²) in [5.41, 5.74) is 2.18. The van der Waals surface area contributed by atoms with Crippen molar-refractivity contribution in [2.24, 2.45) is 0 Å². The first-order valence-corrected chi connectivity index (χ1v) is 10.3. The van der Waals surface area contributed by atoms with E-state index in [1.54, 1.807) is 11.3 Å². The summed E-state index contributed by atoms with van der Waals surface area (Å²) >= 11 is 1.71. The van der Waals surface area contributed by atoms with Gasteiger partial charge < -0.3 is 10.6 Å². The lowest BCUT2D eigenvalue weighted by Crippen LogP contribution is -2.42. The molecular weight excluding hydrogens is 344 g/mol. The molecule has 0 spiro atoms. The normalized spacial score (nSPS) is 15.0. The fraction of sp³-hybridized carbons (Fsp3) is 0.500. The second-order valence-electron chi connectivity index (χ2n) is 6.66. The smallest absolute Gasteiger partial charge is 0.315 e. The molecule has 1 aromatic heterocycles. The molecule has 1 fully saturated rings. The Bertz CT molecular complexity index is 695. The maximum absolute atomic E-state index is 12.2. The first kappa shape index (κ1) is 18.9. The van der Waals surface area contributed by atoms with Gasteiger partial charge in [0, 0.05) is 17.8 Å². The SMILES string of the molecule is CCN(CC)C(CNC(=O)NCc1csc(C2CC2)n1)c1ccccc1. The second kappa shape index (κ2) is 9.14. The van der Waals surface area contributed by atoms with E-state index in [1.807, 2.05) is 18.2 Å². The highest BCUT2D eigenvalue weighted by atomic mass is 32.1. The maximum Gasteiger partial charge on any atom is 0.315 e. The lowest BCUT2D eigenvalue weighted by atomic mass is 10.1. The summed E-state index contributed by atoms with van der Waals surface area (Å²) < 4.78 is 0. The molecule has 2 N–H and O–H groups in total. The van der Waals surface area contributed by atoms with Crippen molar-refractivity contribution in [2.75, 3.05) is 19.6 Å². The average Bonchev–Trinajstić information content (AvgIpc) is 3.42. The Morgan fingerprint density at radius 1 is 1.23 bits per heavy atom. The summed E-state index contributed by atoms with van der Waals surface area (Å²) in [5, 5.41) is 9.22. The molecule has 1 saturated carbocycles. The van der Waals surface area contributed by atoms with E-state index in [4.69, 9.17) is 0 Å². The van der Waals surface area contributed by atoms with Gasteiger partial charge in [0.25, 0.3) is 0 Å². The second-order valence-corrected chi connectivity index (χ2v) is 7.55. The summed E-state index contributed by atoms with van der Waals surface area (Å²) in [6, 6.07) is 10.4. The minimum Gasteiger partial charge on any atom is -0.336 e. The Labute approximate surface area is 159 Å². The van der Waals surface area contributed by atoms with Gasteiger partial charge in [-0.05, 0) is 31.5 Å². The summed E-state index contributed by atoms with van der Waals surface area (Å²) in [7, 11) is 0. The molecule has 6 heteroatoms. The third-order valence-corrected chi connectivity index (χ3v) is 5.88. The average molecular weight is 373 g/mol. The number of nitrogens with one attached hydrogen (secondary N) is 2. The van der Waals surface area contributed by atoms with Crippen molar-refractivity contribution in [1.29, 1.82) is 0 Å². The van der Waals surface area contributed by atoms with Crippen LogP contribution in [0.15, 0.2) is 35.7 Å². The summed E-state index contributed by atoms with van der Waals surface area (Å²) in [6.07, 6.45) is 2.51. The van der Waals surface area contributed by atoms with Crippen molar-refractivity contribution in [3.05, 3.63) is 52.0 Å². The highest BCUT2D eigenvalue weighted by Gasteiger charge is 2.26. The first-order valence-electron chi connectivity index (χ1n) is 9.46. The standard InChI is InChI=1S/C20H28N4OS/c1-3-24(4-2)18(15-8-6-5-7-9-15)13-22-20(25)21-12-17-14-26-19(23-17)16-10-11-16/h5-9,14,16,18H,3-4,10-13H2,1-2H3,(H2,21,22,25). The molecule has 1 heterocycles. The van der Waals surface area contributed by atoms with Crippen LogP contribution >= 0.6 is 11.3 Å². The molecule has 0 saturated heterocycles. The zero-order valence-corrected chi connectivity index (χ0v) is 16.4. The van der Waals surface area contributed by atoms with Crippen LogP contribution in [-0.4, -0.2) is 35.5 Å². The quantitative estimate of drug-likeness (QED) is 0.702. The van der Waals surface area contributed by atoms with E-state index in [2.05, 4.69) is 51.9 Å². The van der Waals surface area contributed by atoms with Gasteiger partial charge in [0.15, 0.2) is 0 Å². The van der Waals surface area contributed by atoms with Gasteiger partial charge >= 0.3 is 6.03 Å². The molecule has 1 aliphatic carbocycles. The van der Waals surface area contributed by atoms with Gasteiger partial charge in [0.1, 0.15) is 0 Å². The summed E-state index contributed by atoms with van der Waals surface area (Å²) in [5.74, 6) is 0.670. The number of benzene rings is 1. The van der Waals surface area contributed by atoms with Crippen molar-refractivity contribution in [1.82, 2.24) is 20.5 Å². The van der Waals surface area contributed by atoms with Crippen molar-refractivity contribution in [3.8, 4) is 0 Å². The number of rotatable bonds is 9. The highest BCUT2D eigenvalue weighted by molar-refractivity contribution is 7.09. The zero-order valence-electron chi connectivity index (χ0n) is 15.6. The molecule has 3 rings (SSSR count). The van der Waals surface area contributed by atoms with E-state index >= 15 is 0 Å². The van der Waals surface area contributed by atoms with Crippen molar-refractivity contribution in [3.63, 3.8) is 0 Å². The number of hydrogen-bond acceptors (Lipinski definition) is 4. The van der Waals surface area contributed by atoms with Gasteiger partial charge in [0.2, 0.25) is 0 Å². The largest absolute Gasteiger partial charge is 0.336 e. The van der Waals surface area contributed by atoms with Crippen LogP contribution in [0.1, 0.15) is 54.9 Å². The van der Waals surface area contributed by atoms with Gasteiger partial charge in [-0.3, -0.25) is 4.90 Å². The van der Waals surface area contributed by atoms with Gasteiger partial charge in [0.05, 0.1) is 23.3 Å². The number of hydrogen-bond donors (Lipinski definition) is 2. The maximum atomic E-state index is 12.2. The molecule has 1 atom stereocenters. The van der Waals surface area contributed by atoms with Crippen molar-refractivity contribution in [2.45, 2.75) is 45.2 Å². The van der Waals surface area contributed by atoms with Gasteiger partial charge in [-0.1, -0.05) is 44.2 Å². The number of thiazole rings is 1. The lowest BCUT2D eigenvalue weighted by Gasteiger charge is -2.30. The first-order chi connectivity index (χ1) is 12.7. The minimum absolute atomic E-state index is 0.140. The van der Waals surface area contributed by atoms with E-state index < -0.39 is 0 Å². The molecule has 0 aliphatic heterocycles. The van der Waals surface area contributed by atoms with E-state index in [0.717, 1.165) is 18.8 Å². The Morgan fingerprint density at radius 3 is 2.62 bits per heavy atom. The Morgan fingerprint density at radius 2 is 1.96 bits per heavy atom. The summed E-state index contributed by atoms with van der Waals surface area (Å²) in [6.45, 7) is 7.26. The molecule has 2 aromatic rings. The Hall–Kier alpha value is -1.92. The van der Waals surface area contributed by atoms with E-state index in [9.17, 15) is 4.79 Å². The molecule has 2 amide bonds. The molecule has 5 nitrogen and oxygen atoms in total. The number of urea groups is 1. The van der Waals surface area contributed by atoms with E-state index in [0.29, 0.717) is 19.0 Å². The molecule has 1 aromatic carbocycles. The Kier molecular flexibility index (Phi) is 6.63. The van der Waals surface area contributed by atoms with Crippen LogP contribution in [-0.2, 0) is 6.54 Å². The van der Waals surface area contributed by atoms with Crippen molar-refractivity contribution < 1.29 is 4.79 Å². The summed E-state index contributed by atoms with van der Waals surface area (Å²) in [4.78, 5) is 19.2. The third kappa shape index (κ3) is 5.05. The zero-order chi connectivity index (χ0) is 18.4. The Balaban J connectivity index is 1.51. The third-order valence-electron chi connectivity index (χ3n) is 4.82. The molecule has 140 valence electrons. The predicted octanol–water partition coefficient (Wildman–Crippen LogP) is 3.90. The van der Waals surface area contributed by atoms with E-state index in [1.165, 1.54) is 23.4 Å². The lowest BCUT2D eigenvalue weighted by molar-refractivity contribution is 0.206. The number of likely N-dealkylation sites (N-methyl/N-ethyl adjacent to an activating group) is 1. The molecule has 1 aliphatic rings. The molecule has 1 unspecified atom stereocenters. The van der Waals surface area contributed by atoms with Crippen LogP contribution in [0.3, 0.4) is 0 Å². The predicted molar refractivity (Wildman–Crippen MR) is 106 cm³/mol. The van der Waals surface area contributed by atoms with Gasteiger partial charge in [-0.25, -0.2) is 9.78 Å². The van der Waals surface area contributed by atoms with Gasteiger partial charge in [-0.15, -0.1) is 11.3 Å². The van der Waals surface area contributed by atoms with Crippen LogP contribution in [0, 0.1) is 0 Å². The molecular formula is C20H28N4OS. The monoisotopic (exact) mass is 372 g/mol. The van der Waals surface area contributed by atoms with E-state index in [-0.39, 0.29) is 12.1 Å². The number of carbonyl (C=O) groups excluding carboxylic acids is 1. The topological polar surface area (TPSA) is 57.3 Å². The van der Waals surface area contributed by atoms with Crippen LogP contribution in [0.5, 0.6) is 0 Å². The van der Waals surface area contributed by atoms with Crippen LogP contribution < -0.4 is 10.6 Å². The molecule has 0 bridgehead atoms. The fourth-order valence-electron chi connectivity index (χ4n) is 3.14. The van der Waals surface area contributed by atoms with Crippen LogP contribution in [0.2, 0.25) is 0 Å². The van der Waals surface area contributed by atoms with Crippen LogP contribution in [0.25, 0.3) is 0 Å². The number of carbonyl (C=O) groups is 1. The van der Waals surface area contributed by atoms with Crippen molar-refractivity contribution >= 4 is 17.4 Å². The fourth-order valence-corrected chi connectivity index (χ4v) is 4.13. The molecule has 26 heavy (non-hydrogen) atoms.